The van der Waals surface area contributed by atoms with Crippen LogP contribution < -0.4 is 10.6 Å². The molecule has 0 aliphatic carbocycles. The summed E-state index contributed by atoms with van der Waals surface area (Å²) in [6.07, 6.45) is 0. The molecule has 2 aromatic carbocycles. The summed E-state index contributed by atoms with van der Waals surface area (Å²) in [5, 5.41) is 0. The lowest BCUT2D eigenvalue weighted by molar-refractivity contribution is 0.605. The molecule has 20 heavy (non-hydrogen) atoms. The molecule has 0 heterocycles. The molecule has 0 saturated heterocycles. The predicted molar refractivity (Wildman–Crippen MR) is 85.5 cm³/mol. The van der Waals surface area contributed by atoms with E-state index in [-0.39, 0.29) is 10.8 Å². The average molecular weight is 288 g/mol. The molecular weight excluding hydrogens is 271 g/mol. The Morgan fingerprint density at radius 3 is 2.50 bits per heavy atom. The van der Waals surface area contributed by atoms with E-state index in [1.54, 1.807) is 12.1 Å². The van der Waals surface area contributed by atoms with Crippen molar-refractivity contribution in [3.05, 3.63) is 65.5 Å². The molecule has 0 spiro atoms. The summed E-state index contributed by atoms with van der Waals surface area (Å²) in [6, 6.07) is 14.7. The molecule has 0 saturated carbocycles. The van der Waals surface area contributed by atoms with E-state index in [0.29, 0.717) is 17.7 Å². The summed E-state index contributed by atoms with van der Waals surface area (Å²) in [5.74, 6) is -0.237. The van der Waals surface area contributed by atoms with E-state index in [0.717, 1.165) is 12.2 Å². The van der Waals surface area contributed by atoms with Gasteiger partial charge in [0.1, 0.15) is 10.8 Å². The van der Waals surface area contributed by atoms with E-state index in [1.165, 1.54) is 6.07 Å². The summed E-state index contributed by atoms with van der Waals surface area (Å²) in [5.41, 5.74) is 7.96. The molecule has 0 radical (unpaired) electrons. The minimum absolute atomic E-state index is 0.237. The van der Waals surface area contributed by atoms with Crippen LogP contribution in [0.15, 0.2) is 48.5 Å². The number of para-hydroxylation sites is 1. The number of thiocarbonyl (C=S) groups is 1. The first-order valence-electron chi connectivity index (χ1n) is 6.50. The van der Waals surface area contributed by atoms with Gasteiger partial charge >= 0.3 is 0 Å². The average Bonchev–Trinajstić information content (AvgIpc) is 2.47. The van der Waals surface area contributed by atoms with E-state index < -0.39 is 0 Å². The van der Waals surface area contributed by atoms with Gasteiger partial charge in [-0.15, -0.1) is 0 Å². The van der Waals surface area contributed by atoms with Gasteiger partial charge in [-0.3, -0.25) is 0 Å². The Bertz CT molecular complexity index is 599. The van der Waals surface area contributed by atoms with Crippen molar-refractivity contribution in [2.75, 3.05) is 11.4 Å². The number of halogens is 1. The third kappa shape index (κ3) is 3.33. The summed E-state index contributed by atoms with van der Waals surface area (Å²) in [4.78, 5) is 2.39. The number of benzene rings is 2. The van der Waals surface area contributed by atoms with Gasteiger partial charge in [0.2, 0.25) is 0 Å². The number of anilines is 1. The molecule has 2 aromatic rings. The van der Waals surface area contributed by atoms with E-state index in [2.05, 4.69) is 4.90 Å². The highest BCUT2D eigenvalue weighted by Crippen LogP contribution is 2.19. The van der Waals surface area contributed by atoms with Crippen molar-refractivity contribution in [2.45, 2.75) is 13.5 Å². The zero-order valence-corrected chi connectivity index (χ0v) is 12.2. The van der Waals surface area contributed by atoms with Crippen LogP contribution in [0.25, 0.3) is 0 Å². The Kier molecular flexibility index (Phi) is 4.69. The Labute approximate surface area is 124 Å². The molecule has 0 unspecified atom stereocenters. The molecule has 2 N–H and O–H groups in total. The molecule has 0 bridgehead atoms. The second-order valence-corrected chi connectivity index (χ2v) is 4.96. The fourth-order valence-corrected chi connectivity index (χ4v) is 2.21. The maximum atomic E-state index is 13.9. The van der Waals surface area contributed by atoms with Crippen molar-refractivity contribution in [3.63, 3.8) is 0 Å². The number of nitrogens with zero attached hydrogens (tertiary/aromatic N) is 1. The minimum Gasteiger partial charge on any atom is -0.389 e. The summed E-state index contributed by atoms with van der Waals surface area (Å²) in [6.45, 7) is 3.33. The van der Waals surface area contributed by atoms with Gasteiger partial charge in [-0.05, 0) is 37.3 Å². The zero-order chi connectivity index (χ0) is 14.5. The first-order chi connectivity index (χ1) is 9.61. The maximum absolute atomic E-state index is 13.9. The second-order valence-electron chi connectivity index (χ2n) is 4.52. The monoisotopic (exact) mass is 288 g/mol. The molecule has 0 aliphatic rings. The molecule has 0 aliphatic heterocycles. The van der Waals surface area contributed by atoms with Gasteiger partial charge < -0.3 is 10.6 Å². The lowest BCUT2D eigenvalue weighted by Crippen LogP contribution is -2.23. The van der Waals surface area contributed by atoms with Crippen molar-refractivity contribution in [3.8, 4) is 0 Å². The van der Waals surface area contributed by atoms with Crippen LogP contribution in [0, 0.1) is 5.82 Å². The molecule has 0 aromatic heterocycles. The molecule has 0 atom stereocenters. The normalized spacial score (nSPS) is 10.3. The largest absolute Gasteiger partial charge is 0.389 e. The SMILES string of the molecule is CCN(Cc1cc(C(N)=S)ccc1F)c1ccccc1. The van der Waals surface area contributed by atoms with Crippen LogP contribution in [0.4, 0.5) is 10.1 Å². The van der Waals surface area contributed by atoms with Gasteiger partial charge in [0.05, 0.1) is 0 Å². The van der Waals surface area contributed by atoms with Crippen LogP contribution in [-0.2, 0) is 6.54 Å². The van der Waals surface area contributed by atoms with E-state index in [1.807, 2.05) is 37.3 Å². The minimum atomic E-state index is -0.237. The van der Waals surface area contributed by atoms with Gasteiger partial charge in [0, 0.05) is 29.9 Å². The third-order valence-corrected chi connectivity index (χ3v) is 3.43. The van der Waals surface area contributed by atoms with Gasteiger partial charge in [-0.1, -0.05) is 30.4 Å². The quantitative estimate of drug-likeness (QED) is 0.854. The number of hydrogen-bond acceptors (Lipinski definition) is 2. The zero-order valence-electron chi connectivity index (χ0n) is 11.3. The summed E-state index contributed by atoms with van der Waals surface area (Å²) < 4.78 is 13.9. The predicted octanol–water partition coefficient (Wildman–Crippen LogP) is 3.49. The standard InChI is InChI=1S/C16H17FN2S/c1-2-19(14-6-4-3-5-7-14)11-13-10-12(16(18)20)8-9-15(13)17/h3-10H,2,11H2,1H3,(H2,18,20). The van der Waals surface area contributed by atoms with Gasteiger partial charge in [-0.2, -0.15) is 0 Å². The fourth-order valence-electron chi connectivity index (χ4n) is 2.08. The molecule has 2 nitrogen and oxygen atoms in total. The van der Waals surface area contributed by atoms with Crippen molar-refractivity contribution in [1.29, 1.82) is 0 Å². The fraction of sp³-hybridized carbons (Fsp3) is 0.188. The lowest BCUT2D eigenvalue weighted by atomic mass is 10.1. The van der Waals surface area contributed by atoms with E-state index >= 15 is 0 Å². The Morgan fingerprint density at radius 1 is 1.20 bits per heavy atom. The topological polar surface area (TPSA) is 29.3 Å². The lowest BCUT2D eigenvalue weighted by Gasteiger charge is -2.23. The van der Waals surface area contributed by atoms with E-state index in [9.17, 15) is 4.39 Å². The molecule has 0 fully saturated rings. The van der Waals surface area contributed by atoms with Crippen LogP contribution in [0.2, 0.25) is 0 Å². The van der Waals surface area contributed by atoms with Crippen molar-refractivity contribution < 1.29 is 4.39 Å². The van der Waals surface area contributed by atoms with Crippen molar-refractivity contribution in [2.24, 2.45) is 5.73 Å². The maximum Gasteiger partial charge on any atom is 0.128 e. The van der Waals surface area contributed by atoms with Crippen LogP contribution in [0.5, 0.6) is 0 Å². The van der Waals surface area contributed by atoms with Gasteiger partial charge in [-0.25, -0.2) is 4.39 Å². The molecule has 0 amide bonds. The van der Waals surface area contributed by atoms with E-state index in [4.69, 9.17) is 18.0 Å². The number of hydrogen-bond donors (Lipinski definition) is 1. The van der Waals surface area contributed by atoms with Crippen molar-refractivity contribution >= 4 is 22.9 Å². The number of rotatable bonds is 5. The number of nitrogens with two attached hydrogens (primary N) is 1. The smallest absolute Gasteiger partial charge is 0.128 e. The van der Waals surface area contributed by atoms with Crippen molar-refractivity contribution in [1.82, 2.24) is 0 Å². The van der Waals surface area contributed by atoms with Crippen LogP contribution in [0.3, 0.4) is 0 Å². The molecule has 104 valence electrons. The molecule has 2 rings (SSSR count). The summed E-state index contributed by atoms with van der Waals surface area (Å²) >= 11 is 4.94. The van der Waals surface area contributed by atoms with Crippen LogP contribution >= 0.6 is 12.2 Å². The molecular formula is C16H17FN2S. The molecule has 4 heteroatoms. The second kappa shape index (κ2) is 6.48. The summed E-state index contributed by atoms with van der Waals surface area (Å²) in [7, 11) is 0. The first-order valence-corrected chi connectivity index (χ1v) is 6.91. The van der Waals surface area contributed by atoms with Crippen LogP contribution in [0.1, 0.15) is 18.1 Å². The Balaban J connectivity index is 2.28. The highest BCUT2D eigenvalue weighted by atomic mass is 32.1. The van der Waals surface area contributed by atoms with Gasteiger partial charge in [0.15, 0.2) is 0 Å². The highest BCUT2D eigenvalue weighted by molar-refractivity contribution is 7.80. The van der Waals surface area contributed by atoms with Crippen LogP contribution in [-0.4, -0.2) is 11.5 Å². The highest BCUT2D eigenvalue weighted by Gasteiger charge is 2.10. The Hall–Kier alpha value is -1.94. The van der Waals surface area contributed by atoms with Gasteiger partial charge in [0.25, 0.3) is 0 Å². The Morgan fingerprint density at radius 2 is 1.90 bits per heavy atom. The first kappa shape index (κ1) is 14.5. The third-order valence-electron chi connectivity index (χ3n) is 3.19.